The van der Waals surface area contributed by atoms with Crippen LogP contribution in [0.25, 0.3) is 0 Å². The quantitative estimate of drug-likeness (QED) is 0.779. The van der Waals surface area contributed by atoms with E-state index in [1.54, 1.807) is 31.4 Å². The first-order valence-electron chi connectivity index (χ1n) is 6.75. The van der Waals surface area contributed by atoms with Gasteiger partial charge in [0.2, 0.25) is 5.91 Å². The maximum atomic E-state index is 11.8. The lowest BCUT2D eigenvalue weighted by atomic mass is 10.1. The van der Waals surface area contributed by atoms with Crippen LogP contribution in [0.5, 0.6) is 11.5 Å². The minimum Gasteiger partial charge on any atom is -0.497 e. The molecule has 1 atom stereocenters. The van der Waals surface area contributed by atoms with Gasteiger partial charge in [-0.3, -0.25) is 4.79 Å². The lowest BCUT2D eigenvalue weighted by Crippen LogP contribution is -2.34. The summed E-state index contributed by atoms with van der Waals surface area (Å²) in [5, 5.41) is 2.70. The zero-order valence-electron chi connectivity index (χ0n) is 11.9. The molecule has 0 radical (unpaired) electrons. The van der Waals surface area contributed by atoms with Gasteiger partial charge < -0.3 is 14.8 Å². The van der Waals surface area contributed by atoms with Crippen molar-refractivity contribution < 1.29 is 22.7 Å². The molecule has 0 aromatic heterocycles. The molecule has 6 nitrogen and oxygen atoms in total. The van der Waals surface area contributed by atoms with Gasteiger partial charge in [0.25, 0.3) is 0 Å². The number of ether oxygens (including phenoxy) is 2. The second-order valence-corrected chi connectivity index (χ2v) is 7.14. The Bertz CT molecular complexity index is 582. The van der Waals surface area contributed by atoms with E-state index in [0.717, 1.165) is 5.75 Å². The Labute approximate surface area is 124 Å². The van der Waals surface area contributed by atoms with Crippen LogP contribution < -0.4 is 14.8 Å². The van der Waals surface area contributed by atoms with Gasteiger partial charge in [-0.25, -0.2) is 8.42 Å². The van der Waals surface area contributed by atoms with Crippen LogP contribution >= 0.6 is 0 Å². The maximum absolute atomic E-state index is 11.8. The predicted octanol–water partition coefficient (Wildman–Crippen LogP) is 0.625. The third kappa shape index (κ3) is 4.63. The van der Waals surface area contributed by atoms with E-state index in [-0.39, 0.29) is 17.4 Å². The Morgan fingerprint density at radius 2 is 1.95 bits per heavy atom. The summed E-state index contributed by atoms with van der Waals surface area (Å²) in [5.74, 6) is 0.864. The fourth-order valence-electron chi connectivity index (χ4n) is 2.16. The van der Waals surface area contributed by atoms with Crippen LogP contribution in [0.1, 0.15) is 6.42 Å². The van der Waals surface area contributed by atoms with E-state index in [0.29, 0.717) is 25.3 Å². The van der Waals surface area contributed by atoms with Crippen molar-refractivity contribution in [2.75, 3.05) is 31.8 Å². The summed E-state index contributed by atoms with van der Waals surface area (Å²) in [6, 6.07) is 7.14. The minimum absolute atomic E-state index is 0.0435. The maximum Gasteiger partial charge on any atom is 0.224 e. The van der Waals surface area contributed by atoms with Crippen LogP contribution in [0.4, 0.5) is 0 Å². The number of amides is 1. The molecule has 1 aromatic rings. The Balaban J connectivity index is 1.68. The van der Waals surface area contributed by atoms with Gasteiger partial charge >= 0.3 is 0 Å². The second kappa shape index (κ2) is 6.80. The molecule has 21 heavy (non-hydrogen) atoms. The average molecular weight is 313 g/mol. The molecule has 0 bridgehead atoms. The molecule has 1 unspecified atom stereocenters. The molecule has 7 heteroatoms. The number of carbonyl (C=O) groups is 1. The largest absolute Gasteiger partial charge is 0.497 e. The van der Waals surface area contributed by atoms with Crippen molar-refractivity contribution in [1.82, 2.24) is 5.32 Å². The summed E-state index contributed by atoms with van der Waals surface area (Å²) in [6.07, 6.45) is 0.410. The zero-order chi connectivity index (χ0) is 15.3. The molecule has 1 aliphatic rings. The van der Waals surface area contributed by atoms with Crippen molar-refractivity contribution in [2.45, 2.75) is 6.42 Å². The standard InChI is InChI=1S/C14H19NO5S/c1-19-12-2-4-13(5-3-12)20-8-7-15-14(16)11-6-9-21(17,18)10-11/h2-5,11H,6-10H2,1H3,(H,15,16). The molecule has 2 rings (SSSR count). The fourth-order valence-corrected chi connectivity index (χ4v) is 3.90. The number of carbonyl (C=O) groups excluding carboxylic acids is 1. The van der Waals surface area contributed by atoms with Gasteiger partial charge in [0.1, 0.15) is 18.1 Å². The Hall–Kier alpha value is -1.76. The van der Waals surface area contributed by atoms with Crippen LogP contribution in [-0.4, -0.2) is 46.1 Å². The van der Waals surface area contributed by atoms with Gasteiger partial charge in [0.05, 0.1) is 31.1 Å². The summed E-state index contributed by atoms with van der Waals surface area (Å²) in [4.78, 5) is 11.8. The van der Waals surface area contributed by atoms with E-state index >= 15 is 0 Å². The zero-order valence-corrected chi connectivity index (χ0v) is 12.7. The number of nitrogens with one attached hydrogen (secondary N) is 1. The van der Waals surface area contributed by atoms with Crippen LogP contribution in [0, 0.1) is 5.92 Å². The number of methoxy groups -OCH3 is 1. The lowest BCUT2D eigenvalue weighted by molar-refractivity contribution is -0.124. The predicted molar refractivity (Wildman–Crippen MR) is 78.3 cm³/mol. The van der Waals surface area contributed by atoms with E-state index < -0.39 is 15.8 Å². The van der Waals surface area contributed by atoms with Crippen LogP contribution in [0.15, 0.2) is 24.3 Å². The molecule has 1 amide bonds. The molecule has 0 aliphatic carbocycles. The Morgan fingerprint density at radius 3 is 2.52 bits per heavy atom. The normalized spacial score (nSPS) is 20.0. The summed E-state index contributed by atoms with van der Waals surface area (Å²) >= 11 is 0. The molecule has 1 N–H and O–H groups in total. The fraction of sp³-hybridized carbons (Fsp3) is 0.500. The molecule has 1 saturated heterocycles. The van der Waals surface area contributed by atoms with Crippen molar-refractivity contribution >= 4 is 15.7 Å². The number of hydrogen-bond donors (Lipinski definition) is 1. The Morgan fingerprint density at radius 1 is 1.29 bits per heavy atom. The monoisotopic (exact) mass is 313 g/mol. The number of sulfone groups is 1. The van der Waals surface area contributed by atoms with Crippen LogP contribution in [-0.2, 0) is 14.6 Å². The first kappa shape index (κ1) is 15.6. The average Bonchev–Trinajstić information content (AvgIpc) is 2.84. The van der Waals surface area contributed by atoms with E-state index in [9.17, 15) is 13.2 Å². The summed E-state index contributed by atoms with van der Waals surface area (Å²) < 4.78 is 33.1. The summed E-state index contributed by atoms with van der Waals surface area (Å²) in [5.41, 5.74) is 0. The highest BCUT2D eigenvalue weighted by molar-refractivity contribution is 7.91. The second-order valence-electron chi connectivity index (χ2n) is 4.91. The van der Waals surface area contributed by atoms with Gasteiger partial charge in [-0.2, -0.15) is 0 Å². The molecule has 1 aliphatic heterocycles. The number of benzene rings is 1. The van der Waals surface area contributed by atoms with Crippen LogP contribution in [0.3, 0.4) is 0 Å². The van der Waals surface area contributed by atoms with Crippen molar-refractivity contribution in [1.29, 1.82) is 0 Å². The van der Waals surface area contributed by atoms with E-state index in [1.807, 2.05) is 0 Å². The smallest absolute Gasteiger partial charge is 0.224 e. The van der Waals surface area contributed by atoms with Crippen molar-refractivity contribution in [3.05, 3.63) is 24.3 Å². The molecule has 0 spiro atoms. The minimum atomic E-state index is -3.02. The molecular weight excluding hydrogens is 294 g/mol. The highest BCUT2D eigenvalue weighted by Crippen LogP contribution is 2.18. The topological polar surface area (TPSA) is 81.7 Å². The lowest BCUT2D eigenvalue weighted by Gasteiger charge is -2.10. The van der Waals surface area contributed by atoms with Gasteiger partial charge in [-0.05, 0) is 30.7 Å². The Kier molecular flexibility index (Phi) is 5.06. The molecule has 1 heterocycles. The van der Waals surface area contributed by atoms with E-state index in [2.05, 4.69) is 5.32 Å². The molecule has 116 valence electrons. The molecule has 0 saturated carbocycles. The van der Waals surface area contributed by atoms with Crippen molar-refractivity contribution in [3.63, 3.8) is 0 Å². The molecular formula is C14H19NO5S. The number of hydrogen-bond acceptors (Lipinski definition) is 5. The van der Waals surface area contributed by atoms with Gasteiger partial charge in [-0.1, -0.05) is 0 Å². The highest BCUT2D eigenvalue weighted by atomic mass is 32.2. The van der Waals surface area contributed by atoms with E-state index in [1.165, 1.54) is 0 Å². The van der Waals surface area contributed by atoms with Crippen LogP contribution in [0.2, 0.25) is 0 Å². The van der Waals surface area contributed by atoms with E-state index in [4.69, 9.17) is 9.47 Å². The summed E-state index contributed by atoms with van der Waals surface area (Å²) in [6.45, 7) is 0.680. The SMILES string of the molecule is COc1ccc(OCCNC(=O)C2CCS(=O)(=O)C2)cc1. The van der Waals surface area contributed by atoms with Gasteiger partial charge in [0, 0.05) is 0 Å². The summed E-state index contributed by atoms with van der Waals surface area (Å²) in [7, 11) is -1.43. The third-order valence-electron chi connectivity index (χ3n) is 3.33. The van der Waals surface area contributed by atoms with Gasteiger partial charge in [0.15, 0.2) is 9.84 Å². The molecule has 1 aromatic carbocycles. The highest BCUT2D eigenvalue weighted by Gasteiger charge is 2.32. The third-order valence-corrected chi connectivity index (χ3v) is 5.10. The van der Waals surface area contributed by atoms with Gasteiger partial charge in [-0.15, -0.1) is 0 Å². The van der Waals surface area contributed by atoms with Crippen molar-refractivity contribution in [2.24, 2.45) is 5.92 Å². The first-order chi connectivity index (χ1) is 10.00. The van der Waals surface area contributed by atoms with Crippen molar-refractivity contribution in [3.8, 4) is 11.5 Å². The number of rotatable bonds is 6. The molecule has 1 fully saturated rings. The first-order valence-corrected chi connectivity index (χ1v) is 8.57.